The second-order valence-electron chi connectivity index (χ2n) is 7.52. The van der Waals surface area contributed by atoms with Crippen molar-refractivity contribution in [2.45, 2.75) is 0 Å². The van der Waals surface area contributed by atoms with Gasteiger partial charge in [0.05, 0.1) is 5.69 Å². The number of hydrogen-bond donors (Lipinski definition) is 1. The second-order valence-corrected chi connectivity index (χ2v) is 7.52. The lowest BCUT2D eigenvalue weighted by molar-refractivity contribution is 0.895. The maximum Gasteiger partial charge on any atom is 0.145 e. The molecule has 0 spiro atoms. The number of rotatable bonds is 5. The van der Waals surface area contributed by atoms with Gasteiger partial charge in [0.2, 0.25) is 0 Å². The van der Waals surface area contributed by atoms with Crippen molar-refractivity contribution in [3.8, 4) is 23.0 Å². The molecule has 158 valence electrons. The van der Waals surface area contributed by atoms with E-state index in [4.69, 9.17) is 5.73 Å². The standard InChI is InChI=1S/C28H21N5/c29-20-26-27(31-33(28(26)30)25-14-8-3-9-15-25)21-16-18-24(19-17-21)32(22-10-4-1-5-11-22)23-12-6-2-7-13-23/h1-19H,30H2. The van der Waals surface area contributed by atoms with Crippen LogP contribution in [0.2, 0.25) is 0 Å². The normalized spacial score (nSPS) is 10.5. The van der Waals surface area contributed by atoms with Gasteiger partial charge in [0.15, 0.2) is 0 Å². The number of benzene rings is 4. The number of nitrogens with zero attached hydrogens (tertiary/aromatic N) is 4. The SMILES string of the molecule is N#Cc1c(-c2ccc(N(c3ccccc3)c3ccccc3)cc2)nn(-c2ccccc2)c1N. The summed E-state index contributed by atoms with van der Waals surface area (Å²) >= 11 is 0. The number of anilines is 4. The van der Waals surface area contributed by atoms with Crippen LogP contribution >= 0.6 is 0 Å². The van der Waals surface area contributed by atoms with E-state index in [1.54, 1.807) is 4.68 Å². The van der Waals surface area contributed by atoms with Crippen molar-refractivity contribution in [1.82, 2.24) is 9.78 Å². The Labute approximate surface area is 192 Å². The van der Waals surface area contributed by atoms with Gasteiger partial charge in [-0.2, -0.15) is 10.4 Å². The third kappa shape index (κ3) is 3.82. The van der Waals surface area contributed by atoms with E-state index in [2.05, 4.69) is 40.3 Å². The third-order valence-corrected chi connectivity index (χ3v) is 5.46. The zero-order chi connectivity index (χ0) is 22.6. The molecule has 0 saturated carbocycles. The van der Waals surface area contributed by atoms with E-state index in [1.165, 1.54) is 0 Å². The van der Waals surface area contributed by atoms with Gasteiger partial charge in [-0.1, -0.05) is 66.7 Å². The fraction of sp³-hybridized carbons (Fsp3) is 0. The van der Waals surface area contributed by atoms with Crippen molar-refractivity contribution in [2.75, 3.05) is 10.6 Å². The molecule has 1 aromatic heterocycles. The van der Waals surface area contributed by atoms with Gasteiger partial charge in [-0.05, 0) is 48.5 Å². The molecular weight excluding hydrogens is 406 g/mol. The molecule has 0 radical (unpaired) electrons. The molecule has 0 atom stereocenters. The molecule has 0 aliphatic heterocycles. The van der Waals surface area contributed by atoms with E-state index in [1.807, 2.05) is 91.0 Å². The maximum atomic E-state index is 9.77. The Morgan fingerprint density at radius 1 is 0.667 bits per heavy atom. The predicted molar refractivity (Wildman–Crippen MR) is 133 cm³/mol. The van der Waals surface area contributed by atoms with E-state index < -0.39 is 0 Å². The smallest absolute Gasteiger partial charge is 0.145 e. The molecule has 5 heteroatoms. The zero-order valence-electron chi connectivity index (χ0n) is 17.8. The van der Waals surface area contributed by atoms with E-state index in [0.717, 1.165) is 28.3 Å². The van der Waals surface area contributed by atoms with Gasteiger partial charge in [0.25, 0.3) is 0 Å². The van der Waals surface area contributed by atoms with Gasteiger partial charge in [-0.25, -0.2) is 4.68 Å². The molecule has 5 rings (SSSR count). The Morgan fingerprint density at radius 3 is 1.67 bits per heavy atom. The van der Waals surface area contributed by atoms with Crippen LogP contribution in [0.4, 0.5) is 22.9 Å². The lowest BCUT2D eigenvalue weighted by Crippen LogP contribution is -2.09. The summed E-state index contributed by atoms with van der Waals surface area (Å²) in [5.74, 6) is 0.331. The summed E-state index contributed by atoms with van der Waals surface area (Å²) in [4.78, 5) is 2.19. The molecule has 2 N–H and O–H groups in total. The molecule has 0 bridgehead atoms. The highest BCUT2D eigenvalue weighted by molar-refractivity contribution is 5.79. The van der Waals surface area contributed by atoms with Crippen molar-refractivity contribution in [3.63, 3.8) is 0 Å². The summed E-state index contributed by atoms with van der Waals surface area (Å²) in [6, 6.07) is 40.3. The first-order valence-electron chi connectivity index (χ1n) is 10.6. The van der Waals surface area contributed by atoms with E-state index >= 15 is 0 Å². The number of nitrogen functional groups attached to an aromatic ring is 1. The Kier molecular flexibility index (Phi) is 5.32. The van der Waals surface area contributed by atoms with Crippen LogP contribution in [0.3, 0.4) is 0 Å². The minimum atomic E-state index is 0.331. The van der Waals surface area contributed by atoms with E-state index in [0.29, 0.717) is 17.1 Å². The predicted octanol–water partition coefficient (Wildman–Crippen LogP) is 6.46. The van der Waals surface area contributed by atoms with E-state index in [-0.39, 0.29) is 0 Å². The molecule has 0 amide bonds. The fourth-order valence-corrected chi connectivity index (χ4v) is 3.88. The van der Waals surface area contributed by atoms with Crippen LogP contribution < -0.4 is 10.6 Å². The van der Waals surface area contributed by atoms with E-state index in [9.17, 15) is 5.26 Å². The van der Waals surface area contributed by atoms with Gasteiger partial charge in [-0.15, -0.1) is 0 Å². The molecule has 5 aromatic rings. The fourth-order valence-electron chi connectivity index (χ4n) is 3.88. The summed E-state index contributed by atoms with van der Waals surface area (Å²) in [5, 5.41) is 14.4. The highest BCUT2D eigenvalue weighted by Crippen LogP contribution is 2.36. The van der Waals surface area contributed by atoms with Crippen LogP contribution in [-0.2, 0) is 0 Å². The second kappa shape index (κ2) is 8.74. The first-order chi connectivity index (χ1) is 16.3. The third-order valence-electron chi connectivity index (χ3n) is 5.46. The van der Waals surface area contributed by atoms with Gasteiger partial charge in [0, 0.05) is 22.6 Å². The molecule has 33 heavy (non-hydrogen) atoms. The summed E-state index contributed by atoms with van der Waals surface area (Å²) in [5.41, 5.74) is 12.0. The van der Waals surface area contributed by atoms with Crippen LogP contribution in [0.15, 0.2) is 115 Å². The number of para-hydroxylation sites is 3. The van der Waals surface area contributed by atoms with Gasteiger partial charge >= 0.3 is 0 Å². The number of hydrogen-bond acceptors (Lipinski definition) is 4. The number of nitriles is 1. The first kappa shape index (κ1) is 20.1. The lowest BCUT2D eigenvalue weighted by Gasteiger charge is -2.25. The van der Waals surface area contributed by atoms with Gasteiger partial charge < -0.3 is 10.6 Å². The molecule has 0 aliphatic rings. The van der Waals surface area contributed by atoms with Crippen LogP contribution in [0, 0.1) is 11.3 Å². The highest BCUT2D eigenvalue weighted by Gasteiger charge is 2.19. The first-order valence-corrected chi connectivity index (χ1v) is 10.6. The monoisotopic (exact) mass is 427 g/mol. The van der Waals surface area contributed by atoms with Crippen LogP contribution in [0.1, 0.15) is 5.56 Å². The Balaban J connectivity index is 1.57. The van der Waals surface area contributed by atoms with Gasteiger partial charge in [-0.3, -0.25) is 0 Å². The minimum absolute atomic E-state index is 0.331. The van der Waals surface area contributed by atoms with Crippen LogP contribution in [0.25, 0.3) is 16.9 Å². The van der Waals surface area contributed by atoms with Crippen LogP contribution in [0.5, 0.6) is 0 Å². The molecule has 0 saturated heterocycles. The average Bonchev–Trinajstić information content (AvgIpc) is 3.22. The van der Waals surface area contributed by atoms with Crippen molar-refractivity contribution in [3.05, 3.63) is 121 Å². The van der Waals surface area contributed by atoms with Crippen molar-refractivity contribution in [1.29, 1.82) is 5.26 Å². The average molecular weight is 428 g/mol. The summed E-state index contributed by atoms with van der Waals surface area (Å²) in [7, 11) is 0. The Morgan fingerprint density at radius 2 is 1.15 bits per heavy atom. The zero-order valence-corrected chi connectivity index (χ0v) is 17.8. The number of nitrogens with two attached hydrogens (primary N) is 1. The minimum Gasteiger partial charge on any atom is -0.382 e. The van der Waals surface area contributed by atoms with Crippen molar-refractivity contribution in [2.24, 2.45) is 0 Å². The molecule has 4 aromatic carbocycles. The molecule has 0 aliphatic carbocycles. The molecule has 0 unspecified atom stereocenters. The summed E-state index contributed by atoms with van der Waals surface area (Å²) in [6.45, 7) is 0. The molecule has 5 nitrogen and oxygen atoms in total. The topological polar surface area (TPSA) is 70.9 Å². The maximum absolute atomic E-state index is 9.77. The van der Waals surface area contributed by atoms with Crippen LogP contribution in [-0.4, -0.2) is 9.78 Å². The quantitative estimate of drug-likeness (QED) is 0.349. The van der Waals surface area contributed by atoms with Crippen molar-refractivity contribution < 1.29 is 0 Å². The summed E-state index contributed by atoms with van der Waals surface area (Å²) in [6.07, 6.45) is 0. The Hall–Kier alpha value is -4.82. The summed E-state index contributed by atoms with van der Waals surface area (Å²) < 4.78 is 1.61. The molecular formula is C28H21N5. The molecule has 1 heterocycles. The largest absolute Gasteiger partial charge is 0.382 e. The number of aromatic nitrogens is 2. The highest BCUT2D eigenvalue weighted by atomic mass is 15.3. The lowest BCUT2D eigenvalue weighted by atomic mass is 10.1. The Bertz CT molecular complexity index is 1360. The molecule has 0 fully saturated rings. The van der Waals surface area contributed by atoms with Gasteiger partial charge in [0.1, 0.15) is 23.1 Å². The van der Waals surface area contributed by atoms with Crippen molar-refractivity contribution >= 4 is 22.9 Å².